The van der Waals surface area contributed by atoms with E-state index in [2.05, 4.69) is 10.9 Å². The van der Waals surface area contributed by atoms with Gasteiger partial charge in [0.15, 0.2) is 5.70 Å². The molecule has 118 valence electrons. The fraction of sp³-hybridized carbons (Fsp3) is 0. The lowest BCUT2D eigenvalue weighted by atomic mass is 10.2. The molecular weight excluding hydrogens is 320 g/mol. The number of rotatable bonds is 1. The van der Waals surface area contributed by atoms with Gasteiger partial charge in [-0.15, -0.1) is 5.53 Å². The molecule has 2 aliphatic rings. The number of hydrogen-bond donors (Lipinski definition) is 3. The van der Waals surface area contributed by atoms with Crippen molar-refractivity contribution in [1.82, 2.24) is 5.53 Å². The third kappa shape index (κ3) is 2.27. The number of aliphatic hydroxyl groups excluding tert-OH is 1. The van der Waals surface area contributed by atoms with Crippen LogP contribution >= 0.6 is 11.6 Å². The van der Waals surface area contributed by atoms with E-state index in [1.165, 1.54) is 5.01 Å². The smallest absolute Gasteiger partial charge is 0.279 e. The standard InChI is InChI=1S/C15H11ClN4O2.H2O/c16-9-5-7-10(8-6-9)19-15(22)13-14(21)17-11-3-1-2-4-12(11)20(13)18-19;/h1-8,18,22H,(H,17,21);1H2. The van der Waals surface area contributed by atoms with Crippen molar-refractivity contribution in [2.24, 2.45) is 0 Å². The van der Waals surface area contributed by atoms with Gasteiger partial charge in [-0.2, -0.15) is 0 Å². The maximum Gasteiger partial charge on any atom is 0.279 e. The summed E-state index contributed by atoms with van der Waals surface area (Å²) in [7, 11) is 0. The number of hydrazine groups is 2. The zero-order valence-corrected chi connectivity index (χ0v) is 12.5. The summed E-state index contributed by atoms with van der Waals surface area (Å²) in [6.07, 6.45) is 0. The van der Waals surface area contributed by atoms with Gasteiger partial charge in [-0.1, -0.05) is 23.7 Å². The molecule has 0 unspecified atom stereocenters. The van der Waals surface area contributed by atoms with Gasteiger partial charge in [0.05, 0.1) is 17.1 Å². The Morgan fingerprint density at radius 2 is 1.70 bits per heavy atom. The Bertz CT molecular complexity index is 807. The van der Waals surface area contributed by atoms with Crippen molar-refractivity contribution in [3.05, 3.63) is 65.1 Å². The van der Waals surface area contributed by atoms with Crippen molar-refractivity contribution in [3.63, 3.8) is 0 Å². The van der Waals surface area contributed by atoms with Crippen molar-refractivity contribution >= 4 is 34.6 Å². The third-order valence-electron chi connectivity index (χ3n) is 3.54. The van der Waals surface area contributed by atoms with E-state index in [1.54, 1.807) is 35.3 Å². The fourth-order valence-electron chi connectivity index (χ4n) is 2.51. The van der Waals surface area contributed by atoms with Gasteiger partial charge in [0.25, 0.3) is 5.91 Å². The van der Waals surface area contributed by atoms with Crippen LogP contribution in [0.5, 0.6) is 0 Å². The molecule has 0 aromatic heterocycles. The van der Waals surface area contributed by atoms with Crippen molar-refractivity contribution in [2.45, 2.75) is 0 Å². The maximum atomic E-state index is 12.2. The van der Waals surface area contributed by atoms with Crippen LogP contribution in [0.2, 0.25) is 5.02 Å². The van der Waals surface area contributed by atoms with E-state index in [-0.39, 0.29) is 23.0 Å². The lowest BCUT2D eigenvalue weighted by Gasteiger charge is -2.28. The molecule has 0 atom stereocenters. The molecule has 0 aliphatic carbocycles. The number of anilines is 3. The van der Waals surface area contributed by atoms with Crippen molar-refractivity contribution in [2.75, 3.05) is 15.3 Å². The van der Waals surface area contributed by atoms with Gasteiger partial charge < -0.3 is 15.9 Å². The SMILES string of the molecule is O.O=C1Nc2ccccc2N2NN(c3ccc(Cl)cc3)C(O)=C12. The van der Waals surface area contributed by atoms with E-state index in [4.69, 9.17) is 11.6 Å². The van der Waals surface area contributed by atoms with Gasteiger partial charge in [-0.3, -0.25) is 4.79 Å². The van der Waals surface area contributed by atoms with Crippen LogP contribution in [-0.4, -0.2) is 16.5 Å². The lowest BCUT2D eigenvalue weighted by molar-refractivity contribution is -0.113. The number of para-hydroxylation sites is 2. The Hall–Kier alpha value is -2.74. The number of benzene rings is 2. The second kappa shape index (κ2) is 5.47. The van der Waals surface area contributed by atoms with Crippen molar-refractivity contribution < 1.29 is 15.4 Å². The molecule has 2 aliphatic heterocycles. The molecule has 1 amide bonds. The highest BCUT2D eigenvalue weighted by Gasteiger charge is 2.39. The van der Waals surface area contributed by atoms with Crippen LogP contribution < -0.4 is 20.9 Å². The van der Waals surface area contributed by atoms with Gasteiger partial charge in [-0.25, -0.2) is 10.0 Å². The van der Waals surface area contributed by atoms with E-state index in [0.717, 1.165) is 5.69 Å². The van der Waals surface area contributed by atoms with E-state index in [1.807, 2.05) is 18.2 Å². The first-order chi connectivity index (χ1) is 10.6. The molecule has 0 fully saturated rings. The van der Waals surface area contributed by atoms with Crippen LogP contribution in [0.3, 0.4) is 0 Å². The van der Waals surface area contributed by atoms with Gasteiger partial charge in [-0.05, 0) is 36.4 Å². The summed E-state index contributed by atoms with van der Waals surface area (Å²) in [5, 5.41) is 16.7. The molecule has 8 heteroatoms. The van der Waals surface area contributed by atoms with Gasteiger partial charge in [0.2, 0.25) is 5.88 Å². The largest absolute Gasteiger partial charge is 0.492 e. The van der Waals surface area contributed by atoms with Crippen molar-refractivity contribution in [3.8, 4) is 0 Å². The summed E-state index contributed by atoms with van der Waals surface area (Å²) in [5.41, 5.74) is 5.24. The first-order valence-electron chi connectivity index (χ1n) is 6.61. The first-order valence-corrected chi connectivity index (χ1v) is 6.99. The molecular formula is C15H13ClN4O3. The maximum absolute atomic E-state index is 12.2. The Labute approximate surface area is 136 Å². The zero-order valence-electron chi connectivity index (χ0n) is 11.7. The summed E-state index contributed by atoms with van der Waals surface area (Å²) in [6.45, 7) is 0. The van der Waals surface area contributed by atoms with Crippen LogP contribution in [0.1, 0.15) is 0 Å². The molecule has 0 saturated carbocycles. The van der Waals surface area contributed by atoms with E-state index >= 15 is 0 Å². The molecule has 0 radical (unpaired) electrons. The summed E-state index contributed by atoms with van der Waals surface area (Å²) in [6, 6.07) is 14.2. The highest BCUT2D eigenvalue weighted by atomic mass is 35.5. The van der Waals surface area contributed by atoms with E-state index in [0.29, 0.717) is 16.4 Å². The Kier molecular flexibility index (Phi) is 3.61. The molecule has 4 rings (SSSR count). The highest BCUT2D eigenvalue weighted by Crippen LogP contribution is 2.37. The van der Waals surface area contributed by atoms with Crippen LogP contribution in [0, 0.1) is 0 Å². The van der Waals surface area contributed by atoms with E-state index in [9.17, 15) is 9.90 Å². The molecule has 0 spiro atoms. The van der Waals surface area contributed by atoms with Crippen LogP contribution in [0.15, 0.2) is 60.1 Å². The molecule has 0 saturated heterocycles. The molecule has 5 N–H and O–H groups in total. The summed E-state index contributed by atoms with van der Waals surface area (Å²) in [4.78, 5) is 12.2. The fourth-order valence-corrected chi connectivity index (χ4v) is 2.63. The average molecular weight is 333 g/mol. The van der Waals surface area contributed by atoms with Crippen LogP contribution in [0.4, 0.5) is 17.1 Å². The first kappa shape index (κ1) is 15.2. The molecule has 2 heterocycles. The van der Waals surface area contributed by atoms with Crippen LogP contribution in [0.25, 0.3) is 0 Å². The second-order valence-electron chi connectivity index (χ2n) is 4.89. The van der Waals surface area contributed by atoms with E-state index < -0.39 is 0 Å². The quantitative estimate of drug-likeness (QED) is 0.741. The molecule has 2 aromatic carbocycles. The molecule has 0 bridgehead atoms. The van der Waals surface area contributed by atoms with Crippen molar-refractivity contribution in [1.29, 1.82) is 0 Å². The van der Waals surface area contributed by atoms with Crippen LogP contribution in [-0.2, 0) is 4.79 Å². The average Bonchev–Trinajstić information content (AvgIpc) is 2.87. The predicted octanol–water partition coefficient (Wildman–Crippen LogP) is 1.94. The summed E-state index contributed by atoms with van der Waals surface area (Å²) in [5.74, 6) is -0.547. The zero-order chi connectivity index (χ0) is 15.3. The minimum atomic E-state index is -0.375. The number of hydrogen-bond acceptors (Lipinski definition) is 5. The predicted molar refractivity (Wildman–Crippen MR) is 87.9 cm³/mol. The second-order valence-corrected chi connectivity index (χ2v) is 5.33. The van der Waals surface area contributed by atoms with Gasteiger partial charge >= 0.3 is 0 Å². The number of nitrogens with zero attached hydrogens (tertiary/aromatic N) is 2. The number of nitrogens with one attached hydrogen (secondary N) is 2. The molecule has 23 heavy (non-hydrogen) atoms. The number of aliphatic hydroxyl groups is 1. The van der Waals surface area contributed by atoms with Gasteiger partial charge in [0.1, 0.15) is 0 Å². The minimum Gasteiger partial charge on any atom is -0.492 e. The summed E-state index contributed by atoms with van der Waals surface area (Å²) >= 11 is 5.88. The Balaban J connectivity index is 0.00000156. The lowest BCUT2D eigenvalue weighted by Crippen LogP contribution is -2.45. The minimum absolute atomic E-state index is 0. The van der Waals surface area contributed by atoms with Gasteiger partial charge in [0, 0.05) is 5.02 Å². The number of halogens is 1. The topological polar surface area (TPSA) is 99.3 Å². The number of carbonyl (C=O) groups is 1. The Morgan fingerprint density at radius 3 is 2.43 bits per heavy atom. The molecule has 7 nitrogen and oxygen atoms in total. The summed E-state index contributed by atoms with van der Waals surface area (Å²) < 4.78 is 0. The number of amides is 1. The Morgan fingerprint density at radius 1 is 1.00 bits per heavy atom. The number of carbonyl (C=O) groups excluding carboxylic acids is 1. The normalized spacial score (nSPS) is 15.8. The third-order valence-corrected chi connectivity index (χ3v) is 3.79. The highest BCUT2D eigenvalue weighted by molar-refractivity contribution is 6.30. The molecule has 2 aromatic rings. The number of fused-ring (bicyclic) bond motifs is 3. The monoisotopic (exact) mass is 332 g/mol.